The van der Waals surface area contributed by atoms with Crippen LogP contribution in [0.3, 0.4) is 0 Å². The average Bonchev–Trinajstić information content (AvgIpc) is 2.56. The van der Waals surface area contributed by atoms with Gasteiger partial charge in [-0.15, -0.1) is 11.8 Å². The highest BCUT2D eigenvalue weighted by Gasteiger charge is 2.25. The van der Waals surface area contributed by atoms with Crippen molar-refractivity contribution in [2.45, 2.75) is 26.7 Å². The number of amides is 2. The van der Waals surface area contributed by atoms with Gasteiger partial charge >= 0.3 is 0 Å². The number of hydrogen-bond donors (Lipinski definition) is 1. The number of rotatable bonds is 7. The van der Waals surface area contributed by atoms with Crippen LogP contribution in [0.2, 0.25) is 0 Å². The van der Waals surface area contributed by atoms with Crippen LogP contribution < -0.4 is 10.5 Å². The zero-order chi connectivity index (χ0) is 17.5. The van der Waals surface area contributed by atoms with Gasteiger partial charge in [0.25, 0.3) is 0 Å². The van der Waals surface area contributed by atoms with E-state index in [0.717, 1.165) is 22.6 Å². The summed E-state index contributed by atoms with van der Waals surface area (Å²) in [6.07, 6.45) is 1.36. The van der Waals surface area contributed by atoms with E-state index in [1.165, 1.54) is 0 Å². The van der Waals surface area contributed by atoms with E-state index in [9.17, 15) is 9.59 Å². The van der Waals surface area contributed by atoms with Gasteiger partial charge in [0.1, 0.15) is 5.75 Å². The number of nitrogens with two attached hydrogens (primary N) is 1. The lowest BCUT2D eigenvalue weighted by Crippen LogP contribution is -2.42. The van der Waals surface area contributed by atoms with E-state index in [0.29, 0.717) is 38.3 Å². The molecule has 0 aromatic heterocycles. The Labute approximate surface area is 147 Å². The third-order valence-corrected chi connectivity index (χ3v) is 5.26. The van der Waals surface area contributed by atoms with Crippen LogP contribution in [0.5, 0.6) is 5.75 Å². The third kappa shape index (κ3) is 5.16. The number of aryl methyl sites for hydroxylation is 2. The van der Waals surface area contributed by atoms with Crippen molar-refractivity contribution in [3.63, 3.8) is 0 Å². The Morgan fingerprint density at radius 2 is 1.88 bits per heavy atom. The SMILES string of the molecule is Cc1cccc(C)c1OCCSCC(=O)N1CCC(C(N)=O)CC1. The molecule has 1 aromatic carbocycles. The maximum absolute atomic E-state index is 12.2. The molecule has 0 bridgehead atoms. The summed E-state index contributed by atoms with van der Waals surface area (Å²) < 4.78 is 5.84. The molecule has 2 N–H and O–H groups in total. The van der Waals surface area contributed by atoms with Gasteiger partial charge in [-0.1, -0.05) is 18.2 Å². The number of piperidine rings is 1. The minimum absolute atomic E-state index is 0.0764. The second-order valence-electron chi connectivity index (χ2n) is 6.18. The highest BCUT2D eigenvalue weighted by atomic mass is 32.2. The number of hydrogen-bond acceptors (Lipinski definition) is 4. The van der Waals surface area contributed by atoms with Crippen molar-refractivity contribution in [3.8, 4) is 5.75 Å². The number of para-hydroxylation sites is 1. The van der Waals surface area contributed by atoms with E-state index in [-0.39, 0.29) is 17.7 Å². The third-order valence-electron chi connectivity index (χ3n) is 4.36. The fourth-order valence-electron chi connectivity index (χ4n) is 2.89. The van der Waals surface area contributed by atoms with Crippen molar-refractivity contribution in [2.75, 3.05) is 31.2 Å². The van der Waals surface area contributed by atoms with Gasteiger partial charge in [-0.3, -0.25) is 9.59 Å². The first-order valence-corrected chi connectivity index (χ1v) is 9.48. The molecule has 1 aliphatic rings. The van der Waals surface area contributed by atoms with E-state index in [4.69, 9.17) is 10.5 Å². The van der Waals surface area contributed by atoms with E-state index in [1.54, 1.807) is 11.8 Å². The molecule has 0 spiro atoms. The number of primary amides is 1. The second-order valence-corrected chi connectivity index (χ2v) is 7.28. The minimum Gasteiger partial charge on any atom is -0.492 e. The standard InChI is InChI=1S/C18H26N2O3S/c1-13-4-3-5-14(2)17(13)23-10-11-24-12-16(21)20-8-6-15(7-9-20)18(19)22/h3-5,15H,6-12H2,1-2H3,(H2,19,22). The molecular formula is C18H26N2O3S. The topological polar surface area (TPSA) is 72.6 Å². The molecule has 0 radical (unpaired) electrons. The number of thioether (sulfide) groups is 1. The Bertz CT molecular complexity index is 563. The minimum atomic E-state index is -0.250. The number of carbonyl (C=O) groups is 2. The Morgan fingerprint density at radius 3 is 2.46 bits per heavy atom. The van der Waals surface area contributed by atoms with Crippen LogP contribution in [0, 0.1) is 19.8 Å². The molecule has 1 aliphatic heterocycles. The Morgan fingerprint density at radius 1 is 1.25 bits per heavy atom. The lowest BCUT2D eigenvalue weighted by molar-refractivity contribution is -0.132. The van der Waals surface area contributed by atoms with Crippen LogP contribution in [0.15, 0.2) is 18.2 Å². The van der Waals surface area contributed by atoms with E-state index in [2.05, 4.69) is 0 Å². The van der Waals surface area contributed by atoms with Gasteiger partial charge in [0.15, 0.2) is 0 Å². The summed E-state index contributed by atoms with van der Waals surface area (Å²) in [4.78, 5) is 25.1. The van der Waals surface area contributed by atoms with Crippen LogP contribution in [0.4, 0.5) is 0 Å². The summed E-state index contributed by atoms with van der Waals surface area (Å²) in [6.45, 7) is 5.93. The van der Waals surface area contributed by atoms with Gasteiger partial charge in [0, 0.05) is 24.8 Å². The van der Waals surface area contributed by atoms with Crippen LogP contribution in [-0.2, 0) is 9.59 Å². The van der Waals surface area contributed by atoms with Crippen molar-refractivity contribution in [1.29, 1.82) is 0 Å². The van der Waals surface area contributed by atoms with E-state index in [1.807, 2.05) is 36.9 Å². The smallest absolute Gasteiger partial charge is 0.232 e. The largest absolute Gasteiger partial charge is 0.492 e. The van der Waals surface area contributed by atoms with Crippen molar-refractivity contribution in [3.05, 3.63) is 29.3 Å². The first-order valence-electron chi connectivity index (χ1n) is 8.33. The molecule has 132 valence electrons. The average molecular weight is 350 g/mol. The molecule has 24 heavy (non-hydrogen) atoms. The number of carbonyl (C=O) groups excluding carboxylic acids is 2. The highest BCUT2D eigenvalue weighted by Crippen LogP contribution is 2.22. The molecule has 0 atom stereocenters. The lowest BCUT2D eigenvalue weighted by atomic mass is 9.96. The Balaban J connectivity index is 1.64. The molecule has 0 aliphatic carbocycles. The molecular weight excluding hydrogens is 324 g/mol. The Kier molecular flexibility index (Phi) is 6.97. The number of likely N-dealkylation sites (tertiary alicyclic amines) is 1. The molecule has 2 amide bonds. The highest BCUT2D eigenvalue weighted by molar-refractivity contribution is 7.99. The zero-order valence-electron chi connectivity index (χ0n) is 14.4. The molecule has 0 saturated carbocycles. The molecule has 2 rings (SSSR count). The molecule has 1 heterocycles. The summed E-state index contributed by atoms with van der Waals surface area (Å²) >= 11 is 1.59. The predicted octanol–water partition coefficient (Wildman–Crippen LogP) is 2.14. The maximum atomic E-state index is 12.2. The molecule has 1 saturated heterocycles. The molecule has 6 heteroatoms. The fourth-order valence-corrected chi connectivity index (χ4v) is 3.60. The molecule has 5 nitrogen and oxygen atoms in total. The molecule has 1 fully saturated rings. The number of benzene rings is 1. The summed E-state index contributed by atoms with van der Waals surface area (Å²) in [7, 11) is 0. The van der Waals surface area contributed by atoms with Gasteiger partial charge in [0.05, 0.1) is 12.4 Å². The first-order chi connectivity index (χ1) is 11.5. The Hall–Kier alpha value is -1.69. The van der Waals surface area contributed by atoms with Crippen LogP contribution >= 0.6 is 11.8 Å². The summed E-state index contributed by atoms with van der Waals surface area (Å²) in [5, 5.41) is 0. The van der Waals surface area contributed by atoms with Crippen LogP contribution in [0.25, 0.3) is 0 Å². The number of nitrogens with zero attached hydrogens (tertiary/aromatic N) is 1. The van der Waals surface area contributed by atoms with Crippen LogP contribution in [-0.4, -0.2) is 47.9 Å². The fraction of sp³-hybridized carbons (Fsp3) is 0.556. The zero-order valence-corrected chi connectivity index (χ0v) is 15.2. The predicted molar refractivity (Wildman–Crippen MR) is 97.2 cm³/mol. The van der Waals surface area contributed by atoms with Crippen molar-refractivity contribution < 1.29 is 14.3 Å². The summed E-state index contributed by atoms with van der Waals surface area (Å²) in [5.41, 5.74) is 7.58. The molecule has 1 aromatic rings. The van der Waals surface area contributed by atoms with E-state index >= 15 is 0 Å². The van der Waals surface area contributed by atoms with Gasteiger partial charge in [-0.2, -0.15) is 0 Å². The van der Waals surface area contributed by atoms with Crippen molar-refractivity contribution in [1.82, 2.24) is 4.90 Å². The normalized spacial score (nSPS) is 15.3. The summed E-state index contributed by atoms with van der Waals surface area (Å²) in [6, 6.07) is 6.09. The van der Waals surface area contributed by atoms with Crippen LogP contribution in [0.1, 0.15) is 24.0 Å². The van der Waals surface area contributed by atoms with Gasteiger partial charge in [0.2, 0.25) is 11.8 Å². The van der Waals surface area contributed by atoms with Gasteiger partial charge < -0.3 is 15.4 Å². The van der Waals surface area contributed by atoms with Crippen molar-refractivity contribution in [2.24, 2.45) is 11.7 Å². The molecule has 0 unspecified atom stereocenters. The summed E-state index contributed by atoms with van der Waals surface area (Å²) in [5.74, 6) is 1.98. The monoisotopic (exact) mass is 350 g/mol. The quantitative estimate of drug-likeness (QED) is 0.765. The van der Waals surface area contributed by atoms with Gasteiger partial charge in [-0.05, 0) is 37.8 Å². The second kappa shape index (κ2) is 8.97. The van der Waals surface area contributed by atoms with Crippen molar-refractivity contribution >= 4 is 23.6 Å². The maximum Gasteiger partial charge on any atom is 0.232 e. The number of ether oxygens (including phenoxy) is 1. The first kappa shape index (κ1) is 18.6. The lowest BCUT2D eigenvalue weighted by Gasteiger charge is -2.30. The van der Waals surface area contributed by atoms with E-state index < -0.39 is 0 Å². The van der Waals surface area contributed by atoms with Gasteiger partial charge in [-0.25, -0.2) is 0 Å².